The first-order chi connectivity index (χ1) is 11.3. The summed E-state index contributed by atoms with van der Waals surface area (Å²) in [6.07, 6.45) is 0. The molecular weight excluding hydrogens is 316 g/mol. The van der Waals surface area contributed by atoms with Crippen molar-refractivity contribution in [2.75, 3.05) is 0 Å². The van der Waals surface area contributed by atoms with Crippen LogP contribution in [0.3, 0.4) is 0 Å². The second kappa shape index (κ2) is 6.45. The van der Waals surface area contributed by atoms with E-state index in [1.807, 2.05) is 30.3 Å². The van der Waals surface area contributed by atoms with E-state index in [0.717, 1.165) is 0 Å². The molecule has 0 unspecified atom stereocenters. The monoisotopic (exact) mass is 344 g/mol. The summed E-state index contributed by atoms with van der Waals surface area (Å²) in [4.78, 5) is 0. The Labute approximate surface area is 149 Å². The molecule has 0 spiro atoms. The quantitative estimate of drug-likeness (QED) is 0.762. The number of aliphatic hydroxyl groups is 3. The molecular formula is C21H28O4. The van der Waals surface area contributed by atoms with Crippen LogP contribution in [-0.2, 0) is 16.8 Å². The summed E-state index contributed by atoms with van der Waals surface area (Å²) in [7, 11) is 0. The maximum Gasteiger partial charge on any atom is 0.139 e. The van der Waals surface area contributed by atoms with Crippen LogP contribution in [0.1, 0.15) is 58.2 Å². The molecule has 0 saturated heterocycles. The number of hydrogen-bond donors (Lipinski definition) is 3. The van der Waals surface area contributed by atoms with Crippen molar-refractivity contribution in [3.05, 3.63) is 59.2 Å². The standard InChI is InChI=1S/C21H28O4/c1-19(2,22)14-12-16(20(3,4)23)18(17(13-14)21(5,6)24)25-15-10-8-7-9-11-15/h7-13,22-24H,1-6H3. The molecule has 4 heteroatoms. The Morgan fingerprint density at radius 2 is 1.12 bits per heavy atom. The van der Waals surface area contributed by atoms with Crippen LogP contribution in [0.4, 0.5) is 0 Å². The second-order valence-electron chi connectivity index (χ2n) is 7.99. The fraction of sp³-hybridized carbons (Fsp3) is 0.429. The number of benzene rings is 2. The van der Waals surface area contributed by atoms with Gasteiger partial charge in [-0.1, -0.05) is 18.2 Å². The summed E-state index contributed by atoms with van der Waals surface area (Å²) < 4.78 is 6.06. The molecule has 0 amide bonds. The smallest absolute Gasteiger partial charge is 0.139 e. The summed E-state index contributed by atoms with van der Waals surface area (Å²) in [5.74, 6) is 1.01. The number of ether oxygens (including phenoxy) is 1. The van der Waals surface area contributed by atoms with E-state index in [1.54, 1.807) is 53.7 Å². The van der Waals surface area contributed by atoms with Crippen molar-refractivity contribution in [3.63, 3.8) is 0 Å². The minimum Gasteiger partial charge on any atom is -0.457 e. The van der Waals surface area contributed by atoms with Gasteiger partial charge in [0, 0.05) is 11.1 Å². The van der Waals surface area contributed by atoms with E-state index in [9.17, 15) is 15.3 Å². The normalized spacial score (nSPS) is 13.0. The van der Waals surface area contributed by atoms with Crippen LogP contribution in [0.15, 0.2) is 42.5 Å². The molecule has 0 bridgehead atoms. The van der Waals surface area contributed by atoms with Crippen LogP contribution in [-0.4, -0.2) is 15.3 Å². The van der Waals surface area contributed by atoms with Crippen molar-refractivity contribution in [3.8, 4) is 11.5 Å². The fourth-order valence-corrected chi connectivity index (χ4v) is 2.61. The van der Waals surface area contributed by atoms with Gasteiger partial charge in [0.1, 0.15) is 11.5 Å². The molecule has 2 aromatic rings. The van der Waals surface area contributed by atoms with Gasteiger partial charge < -0.3 is 20.1 Å². The number of rotatable bonds is 5. The molecule has 136 valence electrons. The zero-order chi connectivity index (χ0) is 19.0. The average molecular weight is 344 g/mol. The predicted molar refractivity (Wildman–Crippen MR) is 98.7 cm³/mol. The lowest BCUT2D eigenvalue weighted by Crippen LogP contribution is -2.25. The maximum absolute atomic E-state index is 10.7. The zero-order valence-electron chi connectivity index (χ0n) is 15.8. The Balaban J connectivity index is 2.77. The summed E-state index contributed by atoms with van der Waals surface area (Å²) in [5, 5.41) is 31.8. The summed E-state index contributed by atoms with van der Waals surface area (Å²) >= 11 is 0. The van der Waals surface area contributed by atoms with Crippen LogP contribution < -0.4 is 4.74 Å². The molecule has 2 aromatic carbocycles. The maximum atomic E-state index is 10.7. The van der Waals surface area contributed by atoms with Crippen molar-refractivity contribution in [2.45, 2.75) is 58.3 Å². The molecule has 0 fully saturated rings. The van der Waals surface area contributed by atoms with Crippen LogP contribution in [0.5, 0.6) is 11.5 Å². The Kier molecular flexibility index (Phi) is 5.01. The van der Waals surface area contributed by atoms with E-state index >= 15 is 0 Å². The molecule has 0 radical (unpaired) electrons. The van der Waals surface area contributed by atoms with Crippen molar-refractivity contribution in [2.24, 2.45) is 0 Å². The van der Waals surface area contributed by atoms with Crippen molar-refractivity contribution in [1.82, 2.24) is 0 Å². The van der Waals surface area contributed by atoms with Gasteiger partial charge in [-0.15, -0.1) is 0 Å². The first kappa shape index (κ1) is 19.4. The topological polar surface area (TPSA) is 69.9 Å². The van der Waals surface area contributed by atoms with Gasteiger partial charge in [-0.25, -0.2) is 0 Å². The van der Waals surface area contributed by atoms with Crippen molar-refractivity contribution >= 4 is 0 Å². The molecule has 3 N–H and O–H groups in total. The van der Waals surface area contributed by atoms with E-state index in [0.29, 0.717) is 28.2 Å². The number of hydrogen-bond acceptors (Lipinski definition) is 4. The minimum atomic E-state index is -1.22. The largest absolute Gasteiger partial charge is 0.457 e. The van der Waals surface area contributed by atoms with Crippen LogP contribution >= 0.6 is 0 Å². The summed E-state index contributed by atoms with van der Waals surface area (Å²) in [6, 6.07) is 12.7. The second-order valence-corrected chi connectivity index (χ2v) is 7.99. The highest BCUT2D eigenvalue weighted by Crippen LogP contribution is 2.43. The van der Waals surface area contributed by atoms with E-state index in [2.05, 4.69) is 0 Å². The molecule has 0 aliphatic carbocycles. The number of para-hydroxylation sites is 1. The molecule has 2 rings (SSSR count). The van der Waals surface area contributed by atoms with Crippen molar-refractivity contribution in [1.29, 1.82) is 0 Å². The highest BCUT2D eigenvalue weighted by atomic mass is 16.5. The van der Waals surface area contributed by atoms with Crippen molar-refractivity contribution < 1.29 is 20.1 Å². The van der Waals surface area contributed by atoms with Gasteiger partial charge in [0.05, 0.1) is 16.8 Å². The highest BCUT2D eigenvalue weighted by molar-refractivity contribution is 5.52. The van der Waals surface area contributed by atoms with E-state index in [1.165, 1.54) is 0 Å². The lowest BCUT2D eigenvalue weighted by molar-refractivity contribution is 0.0616. The first-order valence-electron chi connectivity index (χ1n) is 8.39. The van der Waals surface area contributed by atoms with Gasteiger partial charge in [0.25, 0.3) is 0 Å². The fourth-order valence-electron chi connectivity index (χ4n) is 2.61. The van der Waals surface area contributed by atoms with E-state index in [-0.39, 0.29) is 0 Å². The molecule has 0 saturated carbocycles. The Morgan fingerprint density at radius 3 is 1.48 bits per heavy atom. The van der Waals surface area contributed by atoms with Crippen LogP contribution in [0.25, 0.3) is 0 Å². The molecule has 0 atom stereocenters. The molecule has 0 heterocycles. The van der Waals surface area contributed by atoms with E-state index in [4.69, 9.17) is 4.74 Å². The van der Waals surface area contributed by atoms with Gasteiger partial charge >= 0.3 is 0 Å². The molecule has 0 aromatic heterocycles. The van der Waals surface area contributed by atoms with Gasteiger partial charge in [0.2, 0.25) is 0 Å². The van der Waals surface area contributed by atoms with Gasteiger partial charge in [-0.3, -0.25) is 0 Å². The van der Waals surface area contributed by atoms with E-state index < -0.39 is 16.8 Å². The molecule has 4 nitrogen and oxygen atoms in total. The van der Waals surface area contributed by atoms with Gasteiger partial charge in [-0.2, -0.15) is 0 Å². The van der Waals surface area contributed by atoms with Crippen LogP contribution in [0.2, 0.25) is 0 Å². The summed E-state index contributed by atoms with van der Waals surface area (Å²) in [6.45, 7) is 9.96. The Hall–Kier alpha value is -1.88. The SMILES string of the molecule is CC(C)(O)c1cc(C(C)(C)O)c(Oc2ccccc2)c(C(C)(C)O)c1. The average Bonchev–Trinajstić information content (AvgIpc) is 2.45. The third-order valence-electron chi connectivity index (χ3n) is 4.08. The first-order valence-corrected chi connectivity index (χ1v) is 8.39. The Morgan fingerprint density at radius 1 is 0.680 bits per heavy atom. The lowest BCUT2D eigenvalue weighted by atomic mass is 9.84. The molecule has 25 heavy (non-hydrogen) atoms. The third-order valence-corrected chi connectivity index (χ3v) is 4.08. The summed E-state index contributed by atoms with van der Waals surface area (Å²) in [5.41, 5.74) is -1.94. The molecule has 0 aliphatic heterocycles. The molecule has 0 aliphatic rings. The van der Waals surface area contributed by atoms with Gasteiger partial charge in [-0.05, 0) is 71.4 Å². The Bertz CT molecular complexity index is 694. The third kappa shape index (κ3) is 4.60. The highest BCUT2D eigenvalue weighted by Gasteiger charge is 2.32. The van der Waals surface area contributed by atoms with Gasteiger partial charge in [0.15, 0.2) is 0 Å². The predicted octanol–water partition coefficient (Wildman–Crippen LogP) is 4.16. The zero-order valence-corrected chi connectivity index (χ0v) is 15.8. The lowest BCUT2D eigenvalue weighted by Gasteiger charge is -2.31. The minimum absolute atomic E-state index is 0.402. The van der Waals surface area contributed by atoms with Crippen LogP contribution in [0, 0.1) is 0 Å².